The first-order valence-electron chi connectivity index (χ1n) is 6.96. The van der Waals surface area contributed by atoms with Gasteiger partial charge in [-0.3, -0.25) is 4.79 Å². The Morgan fingerprint density at radius 3 is 2.88 bits per heavy atom. The zero-order valence-corrected chi connectivity index (χ0v) is 13.7. The fraction of sp³-hybridized carbons (Fsp3) is 0. The molecule has 1 fully saturated rings. The molecule has 0 radical (unpaired) electrons. The van der Waals surface area contributed by atoms with Crippen LogP contribution in [-0.2, 0) is 4.79 Å². The Balaban J connectivity index is 1.83. The standard InChI is InChI=1S/C16H9FN4OS2/c17-11-4-2-1-3-10(11)12-5-6-21-14(19-12)9(8-18-21)7-13-15(22)20-16(23)24-13/h1-8H,(H,20,22,23). The van der Waals surface area contributed by atoms with Gasteiger partial charge in [-0.2, -0.15) is 5.10 Å². The van der Waals surface area contributed by atoms with E-state index < -0.39 is 0 Å². The summed E-state index contributed by atoms with van der Waals surface area (Å²) in [4.78, 5) is 16.8. The second-order valence-electron chi connectivity index (χ2n) is 5.01. The van der Waals surface area contributed by atoms with Crippen LogP contribution in [-0.4, -0.2) is 24.8 Å². The average Bonchev–Trinajstić information content (AvgIpc) is 3.11. The molecule has 5 nitrogen and oxygen atoms in total. The lowest BCUT2D eigenvalue weighted by Gasteiger charge is -2.03. The zero-order valence-electron chi connectivity index (χ0n) is 12.1. The van der Waals surface area contributed by atoms with Crippen molar-refractivity contribution in [3.63, 3.8) is 0 Å². The van der Waals surface area contributed by atoms with Gasteiger partial charge in [0.05, 0.1) is 16.8 Å². The largest absolute Gasteiger partial charge is 0.307 e. The summed E-state index contributed by atoms with van der Waals surface area (Å²) >= 11 is 6.17. The molecule has 2 aromatic heterocycles. The summed E-state index contributed by atoms with van der Waals surface area (Å²) < 4.78 is 16.0. The van der Waals surface area contributed by atoms with Crippen LogP contribution < -0.4 is 5.32 Å². The lowest BCUT2D eigenvalue weighted by atomic mass is 10.1. The van der Waals surface area contributed by atoms with E-state index >= 15 is 0 Å². The summed E-state index contributed by atoms with van der Waals surface area (Å²) in [6, 6.07) is 8.14. The Hall–Kier alpha value is -2.58. The molecule has 1 aromatic carbocycles. The molecule has 0 atom stereocenters. The maximum absolute atomic E-state index is 14.0. The molecular formula is C16H9FN4OS2. The fourth-order valence-electron chi connectivity index (χ4n) is 2.37. The predicted octanol–water partition coefficient (Wildman–Crippen LogP) is 3.02. The lowest BCUT2D eigenvalue weighted by molar-refractivity contribution is -0.115. The number of carbonyl (C=O) groups excluding carboxylic acids is 1. The first-order valence-corrected chi connectivity index (χ1v) is 8.18. The fourth-order valence-corrected chi connectivity index (χ4v) is 3.40. The van der Waals surface area contributed by atoms with Crippen LogP contribution in [0.3, 0.4) is 0 Å². The van der Waals surface area contributed by atoms with Gasteiger partial charge in [0.15, 0.2) is 5.65 Å². The molecule has 4 rings (SSSR count). The number of amides is 1. The van der Waals surface area contributed by atoms with Crippen molar-refractivity contribution in [2.75, 3.05) is 0 Å². The smallest absolute Gasteiger partial charge is 0.263 e. The summed E-state index contributed by atoms with van der Waals surface area (Å²) in [7, 11) is 0. The number of thiocarbonyl (C=S) groups is 1. The van der Waals surface area contributed by atoms with E-state index in [1.54, 1.807) is 47.3 Å². The van der Waals surface area contributed by atoms with Crippen molar-refractivity contribution >= 4 is 45.9 Å². The summed E-state index contributed by atoms with van der Waals surface area (Å²) in [5.41, 5.74) is 2.11. The van der Waals surface area contributed by atoms with Crippen LogP contribution >= 0.6 is 24.0 Å². The maximum Gasteiger partial charge on any atom is 0.263 e. The number of benzene rings is 1. The third kappa shape index (κ3) is 2.59. The van der Waals surface area contributed by atoms with Crippen LogP contribution in [0.1, 0.15) is 5.56 Å². The minimum Gasteiger partial charge on any atom is -0.307 e. The molecular weight excluding hydrogens is 347 g/mol. The van der Waals surface area contributed by atoms with Gasteiger partial charge >= 0.3 is 0 Å². The molecule has 1 aliphatic rings. The van der Waals surface area contributed by atoms with Gasteiger partial charge in [0.1, 0.15) is 10.1 Å². The number of halogens is 1. The average molecular weight is 356 g/mol. The molecule has 3 heterocycles. The van der Waals surface area contributed by atoms with Crippen molar-refractivity contribution in [2.24, 2.45) is 0 Å². The van der Waals surface area contributed by atoms with Crippen molar-refractivity contribution in [1.29, 1.82) is 0 Å². The minimum atomic E-state index is -0.343. The number of hydrogen-bond acceptors (Lipinski definition) is 5. The third-order valence-electron chi connectivity index (χ3n) is 3.47. The SMILES string of the molecule is O=C1NC(=S)SC1=Cc1cnn2ccc(-c3ccccc3F)nc12. The Bertz CT molecular complexity index is 1030. The Morgan fingerprint density at radius 2 is 2.12 bits per heavy atom. The van der Waals surface area contributed by atoms with Gasteiger partial charge in [0.2, 0.25) is 0 Å². The molecule has 3 aromatic rings. The number of hydrogen-bond donors (Lipinski definition) is 1. The van der Waals surface area contributed by atoms with Crippen molar-refractivity contribution in [1.82, 2.24) is 19.9 Å². The van der Waals surface area contributed by atoms with Gasteiger partial charge in [-0.25, -0.2) is 13.9 Å². The Kier molecular flexibility index (Phi) is 3.62. The van der Waals surface area contributed by atoms with Gasteiger partial charge in [-0.15, -0.1) is 0 Å². The van der Waals surface area contributed by atoms with Crippen molar-refractivity contribution in [3.05, 3.63) is 59.0 Å². The summed E-state index contributed by atoms with van der Waals surface area (Å²) in [6.07, 6.45) is 4.99. The molecule has 1 aliphatic heterocycles. The van der Waals surface area contributed by atoms with Gasteiger partial charge in [0.25, 0.3) is 5.91 Å². The number of carbonyl (C=O) groups is 1. The Labute approximate surface area is 145 Å². The molecule has 1 N–H and O–H groups in total. The van der Waals surface area contributed by atoms with E-state index in [1.807, 2.05) is 0 Å². The van der Waals surface area contributed by atoms with Crippen LogP contribution in [0, 0.1) is 5.82 Å². The Morgan fingerprint density at radius 1 is 1.29 bits per heavy atom. The van der Waals surface area contributed by atoms with Crippen LogP contribution in [0.15, 0.2) is 47.6 Å². The van der Waals surface area contributed by atoms with E-state index in [-0.39, 0.29) is 11.7 Å². The first kappa shape index (κ1) is 15.0. The quantitative estimate of drug-likeness (QED) is 0.565. The summed E-state index contributed by atoms with van der Waals surface area (Å²) in [5, 5.41) is 6.77. The number of nitrogens with zero attached hydrogens (tertiary/aromatic N) is 3. The molecule has 0 bridgehead atoms. The number of nitrogens with one attached hydrogen (secondary N) is 1. The van der Waals surface area contributed by atoms with E-state index in [0.29, 0.717) is 31.7 Å². The van der Waals surface area contributed by atoms with Gasteiger partial charge in [-0.05, 0) is 24.3 Å². The highest BCUT2D eigenvalue weighted by Gasteiger charge is 2.22. The van der Waals surface area contributed by atoms with Crippen LogP contribution in [0.25, 0.3) is 23.0 Å². The monoisotopic (exact) mass is 356 g/mol. The zero-order chi connectivity index (χ0) is 16.7. The summed E-state index contributed by atoms with van der Waals surface area (Å²) in [6.45, 7) is 0. The van der Waals surface area contributed by atoms with E-state index in [0.717, 1.165) is 0 Å². The molecule has 0 unspecified atom stereocenters. The molecule has 24 heavy (non-hydrogen) atoms. The van der Waals surface area contributed by atoms with Crippen LogP contribution in [0.5, 0.6) is 0 Å². The molecule has 1 amide bonds. The van der Waals surface area contributed by atoms with Gasteiger partial charge in [0, 0.05) is 17.3 Å². The number of aromatic nitrogens is 3. The van der Waals surface area contributed by atoms with E-state index in [4.69, 9.17) is 12.2 Å². The molecule has 0 saturated carbocycles. The number of rotatable bonds is 2. The second kappa shape index (κ2) is 5.81. The molecule has 8 heteroatoms. The minimum absolute atomic E-state index is 0.241. The predicted molar refractivity (Wildman–Crippen MR) is 94.7 cm³/mol. The number of thioether (sulfide) groups is 1. The highest BCUT2D eigenvalue weighted by Crippen LogP contribution is 2.27. The topological polar surface area (TPSA) is 59.3 Å². The van der Waals surface area contributed by atoms with E-state index in [9.17, 15) is 9.18 Å². The molecule has 0 spiro atoms. The molecule has 0 aliphatic carbocycles. The normalized spacial score (nSPS) is 16.1. The second-order valence-corrected chi connectivity index (χ2v) is 6.73. The van der Waals surface area contributed by atoms with Crippen molar-refractivity contribution in [2.45, 2.75) is 0 Å². The van der Waals surface area contributed by atoms with Gasteiger partial charge in [-0.1, -0.05) is 36.1 Å². The third-order valence-corrected chi connectivity index (χ3v) is 4.64. The molecule has 118 valence electrons. The number of fused-ring (bicyclic) bond motifs is 1. The first-order chi connectivity index (χ1) is 11.6. The van der Waals surface area contributed by atoms with Gasteiger partial charge < -0.3 is 5.32 Å². The van der Waals surface area contributed by atoms with Crippen LogP contribution in [0.2, 0.25) is 0 Å². The maximum atomic E-state index is 14.0. The summed E-state index contributed by atoms with van der Waals surface area (Å²) in [5.74, 6) is -0.584. The van der Waals surface area contributed by atoms with Crippen molar-refractivity contribution in [3.8, 4) is 11.3 Å². The van der Waals surface area contributed by atoms with E-state index in [2.05, 4.69) is 15.4 Å². The van der Waals surface area contributed by atoms with Crippen LogP contribution in [0.4, 0.5) is 4.39 Å². The van der Waals surface area contributed by atoms with E-state index in [1.165, 1.54) is 17.8 Å². The lowest BCUT2D eigenvalue weighted by Crippen LogP contribution is -2.17. The molecule has 1 saturated heterocycles. The highest BCUT2D eigenvalue weighted by molar-refractivity contribution is 8.26. The highest BCUT2D eigenvalue weighted by atomic mass is 32.2. The van der Waals surface area contributed by atoms with Crippen molar-refractivity contribution < 1.29 is 9.18 Å².